The average Bonchev–Trinajstić information content (AvgIpc) is 3.20. The minimum Gasteiger partial charge on any atom is -0.378 e. The molecule has 1 heterocycles. The van der Waals surface area contributed by atoms with Gasteiger partial charge in [-0.3, -0.25) is 14.7 Å². The summed E-state index contributed by atoms with van der Waals surface area (Å²) in [6.45, 7) is 3.66. The Labute approximate surface area is 185 Å². The van der Waals surface area contributed by atoms with E-state index < -0.39 is 24.0 Å². The Kier molecular flexibility index (Phi) is 7.44. The molecule has 0 saturated heterocycles. The summed E-state index contributed by atoms with van der Waals surface area (Å²) in [6.07, 6.45) is -0.679. The highest BCUT2D eigenvalue weighted by Crippen LogP contribution is 2.20. The summed E-state index contributed by atoms with van der Waals surface area (Å²) in [5, 5.41) is 22.9. The Morgan fingerprint density at radius 1 is 1.03 bits per heavy atom. The summed E-state index contributed by atoms with van der Waals surface area (Å²) in [7, 11) is 0. The predicted molar refractivity (Wildman–Crippen MR) is 120 cm³/mol. The molecule has 31 heavy (non-hydrogen) atoms. The lowest BCUT2D eigenvalue weighted by Crippen LogP contribution is -2.43. The van der Waals surface area contributed by atoms with Crippen molar-refractivity contribution in [2.45, 2.75) is 38.3 Å². The highest BCUT2D eigenvalue weighted by atomic mass is 35.5. The summed E-state index contributed by atoms with van der Waals surface area (Å²) >= 11 is 5.82. The maximum atomic E-state index is 12.4. The van der Waals surface area contributed by atoms with Crippen LogP contribution in [0.2, 0.25) is 5.02 Å². The molecule has 0 bridgehead atoms. The summed E-state index contributed by atoms with van der Waals surface area (Å²) in [6, 6.07) is 17.3. The predicted octanol–water partition coefficient (Wildman–Crippen LogP) is 3.59. The summed E-state index contributed by atoms with van der Waals surface area (Å²) in [4.78, 5) is 24.7. The van der Waals surface area contributed by atoms with Gasteiger partial charge >= 0.3 is 0 Å². The Bertz CT molecular complexity index is 1020. The molecule has 2 aromatic carbocycles. The topological polar surface area (TPSA) is 107 Å². The highest BCUT2D eigenvalue weighted by molar-refractivity contribution is 6.30. The highest BCUT2D eigenvalue weighted by Gasteiger charge is 2.23. The normalized spacial score (nSPS) is 13.8. The maximum absolute atomic E-state index is 12.4. The van der Waals surface area contributed by atoms with Crippen molar-refractivity contribution >= 4 is 29.2 Å². The number of amides is 2. The van der Waals surface area contributed by atoms with E-state index >= 15 is 0 Å². The van der Waals surface area contributed by atoms with Gasteiger partial charge in [0.1, 0.15) is 11.9 Å². The molecule has 0 saturated carbocycles. The Hall–Kier alpha value is -3.16. The molecule has 3 atom stereocenters. The molecule has 3 unspecified atom stereocenters. The summed E-state index contributed by atoms with van der Waals surface area (Å²) in [5.74, 6) is -0.379. The van der Waals surface area contributed by atoms with Crippen LogP contribution in [0.15, 0.2) is 60.7 Å². The van der Waals surface area contributed by atoms with E-state index in [2.05, 4.69) is 39.9 Å². The molecule has 4 N–H and O–H groups in total. The van der Waals surface area contributed by atoms with E-state index in [9.17, 15) is 14.7 Å². The van der Waals surface area contributed by atoms with Crippen molar-refractivity contribution in [3.8, 4) is 0 Å². The molecule has 7 nitrogen and oxygen atoms in total. The molecule has 3 rings (SSSR count). The molecule has 0 radical (unpaired) electrons. The molecule has 0 fully saturated rings. The van der Waals surface area contributed by atoms with Gasteiger partial charge in [0.15, 0.2) is 6.10 Å². The molecule has 3 aromatic rings. The number of aromatic nitrogens is 2. The number of hydrogen-bond acceptors (Lipinski definition) is 4. The van der Waals surface area contributed by atoms with Crippen molar-refractivity contribution in [3.63, 3.8) is 0 Å². The maximum Gasteiger partial charge on any atom is 0.254 e. The second-order valence-corrected chi connectivity index (χ2v) is 7.90. The second kappa shape index (κ2) is 10.2. The van der Waals surface area contributed by atoms with Gasteiger partial charge in [-0.1, -0.05) is 61.0 Å². The van der Waals surface area contributed by atoms with E-state index in [4.69, 9.17) is 11.6 Å². The van der Waals surface area contributed by atoms with E-state index in [0.717, 1.165) is 12.1 Å². The van der Waals surface area contributed by atoms with Gasteiger partial charge in [-0.15, -0.1) is 0 Å². The number of aliphatic hydroxyl groups excluding tert-OH is 1. The molecular formula is C23H25ClN4O3. The van der Waals surface area contributed by atoms with Crippen LogP contribution in [0.4, 0.5) is 5.82 Å². The quantitative estimate of drug-likeness (QED) is 0.429. The second-order valence-electron chi connectivity index (χ2n) is 7.46. The zero-order valence-corrected chi connectivity index (χ0v) is 18.1. The number of carbonyl (C=O) groups excluding carboxylic acids is 2. The molecule has 8 heteroatoms. The zero-order chi connectivity index (χ0) is 22.4. The van der Waals surface area contributed by atoms with Gasteiger partial charge in [0, 0.05) is 11.1 Å². The van der Waals surface area contributed by atoms with E-state index in [0.29, 0.717) is 16.4 Å². The first kappa shape index (κ1) is 22.5. The minimum absolute atomic E-state index is 0.278. The lowest BCUT2D eigenvalue weighted by atomic mass is 9.96. The van der Waals surface area contributed by atoms with Crippen LogP contribution >= 0.6 is 11.6 Å². The van der Waals surface area contributed by atoms with Crippen molar-refractivity contribution in [1.29, 1.82) is 0 Å². The third-order valence-electron chi connectivity index (χ3n) is 4.96. The number of benzene rings is 2. The molecule has 0 aliphatic heterocycles. The van der Waals surface area contributed by atoms with Crippen LogP contribution in [0.25, 0.3) is 0 Å². The molecule has 1 aromatic heterocycles. The van der Waals surface area contributed by atoms with Crippen LogP contribution in [0.5, 0.6) is 0 Å². The molecule has 0 aliphatic rings. The van der Waals surface area contributed by atoms with Gasteiger partial charge in [-0.2, -0.15) is 5.10 Å². The van der Waals surface area contributed by atoms with Crippen molar-refractivity contribution in [1.82, 2.24) is 15.5 Å². The smallest absolute Gasteiger partial charge is 0.254 e. The largest absolute Gasteiger partial charge is 0.378 e. The fraction of sp³-hybridized carbons (Fsp3) is 0.261. The van der Waals surface area contributed by atoms with E-state index in [1.54, 1.807) is 30.3 Å². The molecule has 0 aliphatic carbocycles. The first-order chi connectivity index (χ1) is 14.8. The number of rotatable bonds is 8. The average molecular weight is 441 g/mol. The van der Waals surface area contributed by atoms with Gasteiger partial charge in [-0.25, -0.2) is 0 Å². The minimum atomic E-state index is -1.40. The van der Waals surface area contributed by atoms with Crippen LogP contribution < -0.4 is 10.6 Å². The Balaban J connectivity index is 1.52. The number of halogens is 1. The number of H-pyrrole nitrogens is 1. The lowest BCUT2D eigenvalue weighted by Gasteiger charge is -2.16. The van der Waals surface area contributed by atoms with Crippen molar-refractivity contribution in [2.24, 2.45) is 0 Å². The number of carbonyl (C=O) groups is 2. The van der Waals surface area contributed by atoms with Crippen molar-refractivity contribution in [2.75, 3.05) is 5.32 Å². The van der Waals surface area contributed by atoms with Crippen molar-refractivity contribution in [3.05, 3.63) is 82.5 Å². The Morgan fingerprint density at radius 2 is 1.71 bits per heavy atom. The number of aliphatic hydroxyl groups is 1. The monoisotopic (exact) mass is 440 g/mol. The van der Waals surface area contributed by atoms with Crippen LogP contribution in [0.3, 0.4) is 0 Å². The van der Waals surface area contributed by atoms with Crippen molar-refractivity contribution < 1.29 is 14.7 Å². The number of nitrogens with zero attached hydrogens (tertiary/aromatic N) is 1. The number of anilines is 1. The van der Waals surface area contributed by atoms with Gasteiger partial charge in [0.25, 0.3) is 5.91 Å². The molecule has 2 amide bonds. The molecule has 162 valence electrons. The van der Waals surface area contributed by atoms with Gasteiger partial charge in [0.2, 0.25) is 5.91 Å². The van der Waals surface area contributed by atoms with Gasteiger partial charge in [0.05, 0.1) is 5.69 Å². The first-order valence-electron chi connectivity index (χ1n) is 9.97. The number of hydrogen-bond donors (Lipinski definition) is 4. The zero-order valence-electron chi connectivity index (χ0n) is 17.3. The molecular weight excluding hydrogens is 416 g/mol. The SMILES string of the molecule is CC(NC(=O)C(O)c1ccc(Cl)cc1)C(=O)Nc1cc(CC(C)c2ccccc2)n[nH]1. The lowest BCUT2D eigenvalue weighted by molar-refractivity contribution is -0.132. The van der Waals surface area contributed by atoms with Crippen LogP contribution in [-0.4, -0.2) is 33.2 Å². The molecule has 0 spiro atoms. The van der Waals surface area contributed by atoms with Crippen LogP contribution in [-0.2, 0) is 16.0 Å². The fourth-order valence-electron chi connectivity index (χ4n) is 3.14. The van der Waals surface area contributed by atoms with Gasteiger partial charge in [-0.05, 0) is 42.5 Å². The third kappa shape index (κ3) is 6.16. The van der Waals surface area contributed by atoms with E-state index in [-0.39, 0.29) is 5.92 Å². The van der Waals surface area contributed by atoms with Crippen LogP contribution in [0.1, 0.15) is 42.7 Å². The van der Waals surface area contributed by atoms with Gasteiger partial charge < -0.3 is 15.7 Å². The van der Waals surface area contributed by atoms with Crippen LogP contribution in [0, 0.1) is 0 Å². The third-order valence-corrected chi connectivity index (χ3v) is 5.21. The van der Waals surface area contributed by atoms with E-state index in [1.807, 2.05) is 18.2 Å². The Morgan fingerprint density at radius 3 is 2.39 bits per heavy atom. The standard InChI is InChI=1S/C23H25ClN4O3/c1-14(16-6-4-3-5-7-16)12-19-13-20(28-27-19)26-22(30)15(2)25-23(31)21(29)17-8-10-18(24)11-9-17/h3-11,13-15,21,29H,12H2,1-2H3,(H,25,31)(H2,26,27,28,30). The summed E-state index contributed by atoms with van der Waals surface area (Å²) in [5.41, 5.74) is 2.42. The summed E-state index contributed by atoms with van der Waals surface area (Å²) < 4.78 is 0. The number of aromatic amines is 1. The van der Waals surface area contributed by atoms with E-state index in [1.165, 1.54) is 12.5 Å². The fourth-order valence-corrected chi connectivity index (χ4v) is 3.27. The first-order valence-corrected chi connectivity index (χ1v) is 10.3. The number of nitrogens with one attached hydrogen (secondary N) is 3.